The smallest absolute Gasteiger partial charge is 0.254 e. The van der Waals surface area contributed by atoms with Gasteiger partial charge in [-0.3, -0.25) is 4.79 Å². The minimum Gasteiger partial charge on any atom is -0.254 e. The molecule has 1 radical (unpaired) electrons. The SMILES string of the molecule is O=C(F)C(F)(F)C(F)C(F)(F)C(F)(F)C(F)(F)[C](F)F. The molecule has 1 unspecified atom stereocenters. The first kappa shape index (κ1) is 18.8. The van der Waals surface area contributed by atoms with E-state index in [2.05, 4.69) is 0 Å². The Morgan fingerprint density at radius 1 is 0.800 bits per heavy atom. The molecule has 0 spiro atoms. The third-order valence-electron chi connectivity index (χ3n) is 1.95. The summed E-state index contributed by atoms with van der Waals surface area (Å²) in [5.41, 5.74) is 0. The van der Waals surface area contributed by atoms with Gasteiger partial charge in [0, 0.05) is 0 Å². The number of carbonyl (C=O) groups excluding carboxylic acids is 1. The Labute approximate surface area is 101 Å². The van der Waals surface area contributed by atoms with E-state index in [0.717, 1.165) is 0 Å². The van der Waals surface area contributed by atoms with Crippen molar-refractivity contribution in [2.75, 3.05) is 0 Å². The summed E-state index contributed by atoms with van der Waals surface area (Å²) in [5, 5.41) is 0. The van der Waals surface area contributed by atoms with Crippen molar-refractivity contribution in [3.8, 4) is 0 Å². The van der Waals surface area contributed by atoms with Crippen LogP contribution in [0.2, 0.25) is 0 Å². The maximum absolute atomic E-state index is 12.6. The molecule has 0 bridgehead atoms. The predicted octanol–water partition coefficient (Wildman–Crippen LogP) is 3.79. The summed E-state index contributed by atoms with van der Waals surface area (Å²) in [6.07, 6.45) is -10.4. The molecule has 0 aliphatic heterocycles. The van der Waals surface area contributed by atoms with Gasteiger partial charge in [0.1, 0.15) is 0 Å². The van der Waals surface area contributed by atoms with Gasteiger partial charge in [-0.2, -0.15) is 48.3 Å². The number of rotatable bonds is 6. The van der Waals surface area contributed by atoms with Gasteiger partial charge in [0.25, 0.3) is 0 Å². The average Bonchev–Trinajstić information content (AvgIpc) is 2.26. The molecule has 0 aliphatic rings. The fraction of sp³-hybridized carbons (Fsp3) is 0.714. The van der Waals surface area contributed by atoms with Crippen molar-refractivity contribution in [3.63, 3.8) is 0 Å². The van der Waals surface area contributed by atoms with Crippen molar-refractivity contribution >= 4 is 6.04 Å². The van der Waals surface area contributed by atoms with Crippen LogP contribution in [0.4, 0.5) is 52.7 Å². The van der Waals surface area contributed by atoms with E-state index in [-0.39, 0.29) is 0 Å². The Morgan fingerprint density at radius 2 is 1.15 bits per heavy atom. The highest BCUT2D eigenvalue weighted by atomic mass is 19.4. The Balaban J connectivity index is 5.80. The normalized spacial score (nSPS) is 16.4. The van der Waals surface area contributed by atoms with E-state index in [4.69, 9.17) is 0 Å². The first-order valence-electron chi connectivity index (χ1n) is 4.08. The lowest BCUT2D eigenvalue weighted by Crippen LogP contribution is -2.63. The van der Waals surface area contributed by atoms with Crippen LogP contribution in [0, 0.1) is 6.43 Å². The van der Waals surface area contributed by atoms with Gasteiger partial charge in [0.15, 0.2) is 0 Å². The van der Waals surface area contributed by atoms with Crippen molar-refractivity contribution in [1.29, 1.82) is 0 Å². The number of carbonyl (C=O) groups is 1. The quantitative estimate of drug-likeness (QED) is 0.535. The lowest BCUT2D eigenvalue weighted by molar-refractivity contribution is -0.346. The third kappa shape index (κ3) is 2.53. The van der Waals surface area contributed by atoms with Crippen LogP contribution in [0.5, 0.6) is 0 Å². The van der Waals surface area contributed by atoms with Gasteiger partial charge in [-0.15, -0.1) is 0 Å². The predicted molar refractivity (Wildman–Crippen MR) is 36.3 cm³/mol. The fourth-order valence-corrected chi connectivity index (χ4v) is 0.814. The van der Waals surface area contributed by atoms with Crippen LogP contribution in [0.3, 0.4) is 0 Å². The molecule has 0 N–H and O–H groups in total. The molecule has 0 saturated carbocycles. The molecule has 0 fully saturated rings. The van der Waals surface area contributed by atoms with Crippen LogP contribution in [0.15, 0.2) is 0 Å². The zero-order valence-corrected chi connectivity index (χ0v) is 8.52. The van der Waals surface area contributed by atoms with Crippen LogP contribution in [-0.4, -0.2) is 35.9 Å². The Hall–Kier alpha value is -1.17. The third-order valence-corrected chi connectivity index (χ3v) is 1.95. The second-order valence-electron chi connectivity index (χ2n) is 3.29. The van der Waals surface area contributed by atoms with Crippen LogP contribution < -0.4 is 0 Å². The molecule has 0 aromatic heterocycles. The highest BCUT2D eigenvalue weighted by Crippen LogP contribution is 2.54. The minimum absolute atomic E-state index is 4.17. The first-order chi connectivity index (χ1) is 8.54. The molecule has 0 amide bonds. The summed E-state index contributed by atoms with van der Waals surface area (Å²) in [7, 11) is 0. The van der Waals surface area contributed by atoms with E-state index in [1.807, 2.05) is 0 Å². The van der Waals surface area contributed by atoms with Gasteiger partial charge in [-0.1, -0.05) is 0 Å². The van der Waals surface area contributed by atoms with E-state index in [1.165, 1.54) is 0 Å². The molecule has 1 atom stereocenters. The fourth-order valence-electron chi connectivity index (χ4n) is 0.814. The zero-order valence-electron chi connectivity index (χ0n) is 8.52. The molecule has 0 heterocycles. The van der Waals surface area contributed by atoms with Gasteiger partial charge in [-0.25, -0.2) is 4.39 Å². The van der Waals surface area contributed by atoms with E-state index in [9.17, 15) is 57.5 Å². The highest BCUT2D eigenvalue weighted by molar-refractivity contribution is 5.77. The second kappa shape index (κ2) is 4.98. The highest BCUT2D eigenvalue weighted by Gasteiger charge is 2.82. The average molecular weight is 329 g/mol. The summed E-state index contributed by atoms with van der Waals surface area (Å²) in [5.74, 6) is -28.0. The van der Waals surface area contributed by atoms with Gasteiger partial charge in [-0.05, 0) is 0 Å². The standard InChI is InChI=1S/C7HF12O/c8-1(4(12,13)3(11)20)5(14,15)7(18,19)6(16,17)2(9)10/h1H. The molecule has 0 aromatic rings. The zero-order chi connectivity index (χ0) is 16.7. The van der Waals surface area contributed by atoms with E-state index in [0.29, 0.717) is 0 Å². The maximum atomic E-state index is 12.6. The minimum atomic E-state index is -7.35. The van der Waals surface area contributed by atoms with Crippen molar-refractivity contribution in [2.45, 2.75) is 29.9 Å². The molecule has 20 heavy (non-hydrogen) atoms. The lowest BCUT2D eigenvalue weighted by atomic mass is 9.97. The summed E-state index contributed by atoms with van der Waals surface area (Å²) in [4.78, 5) is 9.49. The summed E-state index contributed by atoms with van der Waals surface area (Å²) >= 11 is 0. The molecule has 1 nitrogen and oxygen atoms in total. The number of alkyl halides is 9. The Bertz CT molecular complexity index is 374. The van der Waals surface area contributed by atoms with Crippen LogP contribution in [0.1, 0.15) is 0 Å². The van der Waals surface area contributed by atoms with Crippen LogP contribution in [0.25, 0.3) is 0 Å². The number of hydrogen-bond acceptors (Lipinski definition) is 1. The molecule has 119 valence electrons. The molecule has 0 rings (SSSR count). The molecule has 13 heteroatoms. The molecular formula is C7HF12O. The van der Waals surface area contributed by atoms with Crippen molar-refractivity contribution in [2.24, 2.45) is 0 Å². The monoisotopic (exact) mass is 329 g/mol. The number of halogens is 12. The summed E-state index contributed by atoms with van der Waals surface area (Å²) in [6, 6.07) is -4.17. The van der Waals surface area contributed by atoms with Crippen LogP contribution in [-0.2, 0) is 4.79 Å². The molecule has 0 saturated heterocycles. The first-order valence-corrected chi connectivity index (χ1v) is 4.08. The molecule has 0 aromatic carbocycles. The maximum Gasteiger partial charge on any atom is 0.385 e. The van der Waals surface area contributed by atoms with E-state index < -0.39 is 42.3 Å². The Morgan fingerprint density at radius 3 is 1.40 bits per heavy atom. The topological polar surface area (TPSA) is 17.1 Å². The van der Waals surface area contributed by atoms with Crippen LogP contribution >= 0.6 is 0 Å². The van der Waals surface area contributed by atoms with Crippen molar-refractivity contribution in [1.82, 2.24) is 0 Å². The summed E-state index contributed by atoms with van der Waals surface area (Å²) < 4.78 is 146. The van der Waals surface area contributed by atoms with E-state index in [1.54, 1.807) is 0 Å². The van der Waals surface area contributed by atoms with Gasteiger partial charge in [0.2, 0.25) is 6.17 Å². The van der Waals surface area contributed by atoms with E-state index >= 15 is 0 Å². The number of hydrogen-bond donors (Lipinski definition) is 0. The largest absolute Gasteiger partial charge is 0.385 e. The summed E-state index contributed by atoms with van der Waals surface area (Å²) in [6.45, 7) is 0. The van der Waals surface area contributed by atoms with Gasteiger partial charge in [0.05, 0.1) is 0 Å². The Kier molecular flexibility index (Phi) is 4.69. The molecular weight excluding hydrogens is 328 g/mol. The lowest BCUT2D eigenvalue weighted by Gasteiger charge is -2.34. The van der Waals surface area contributed by atoms with Gasteiger partial charge < -0.3 is 0 Å². The van der Waals surface area contributed by atoms with Crippen molar-refractivity contribution in [3.05, 3.63) is 6.43 Å². The molecule has 0 aliphatic carbocycles. The van der Waals surface area contributed by atoms with Crippen molar-refractivity contribution < 1.29 is 57.5 Å². The second-order valence-corrected chi connectivity index (χ2v) is 3.29. The van der Waals surface area contributed by atoms with Gasteiger partial charge >= 0.3 is 36.2 Å².